The molecule has 0 saturated heterocycles. The molecule has 0 saturated carbocycles. The van der Waals surface area contributed by atoms with E-state index in [9.17, 15) is 0 Å². The van der Waals surface area contributed by atoms with Crippen LogP contribution in [0.1, 0.15) is 27.8 Å². The van der Waals surface area contributed by atoms with Crippen molar-refractivity contribution < 1.29 is 0 Å². The summed E-state index contributed by atoms with van der Waals surface area (Å²) in [6.07, 6.45) is 3.77. The Morgan fingerprint density at radius 2 is 1.72 bits per heavy atom. The Hall–Kier alpha value is -1.67. The highest BCUT2D eigenvalue weighted by Gasteiger charge is 1.99. The van der Waals surface area contributed by atoms with Crippen molar-refractivity contribution in [1.29, 1.82) is 0 Å². The first-order valence-electron chi connectivity index (χ1n) is 6.32. The summed E-state index contributed by atoms with van der Waals surface area (Å²) in [4.78, 5) is 4.16. The molecule has 2 nitrogen and oxygen atoms in total. The minimum Gasteiger partial charge on any atom is -0.309 e. The van der Waals surface area contributed by atoms with Crippen molar-refractivity contribution in [3.05, 3.63) is 64.5 Å². The van der Waals surface area contributed by atoms with Crippen LogP contribution in [0.3, 0.4) is 0 Å². The maximum Gasteiger partial charge on any atom is 0.0315 e. The number of aryl methyl sites for hydroxylation is 3. The fourth-order valence-electron chi connectivity index (χ4n) is 2.19. The molecule has 1 aromatic heterocycles. The molecular weight excluding hydrogens is 220 g/mol. The van der Waals surface area contributed by atoms with Gasteiger partial charge in [0.25, 0.3) is 0 Å². The van der Waals surface area contributed by atoms with Gasteiger partial charge in [0.05, 0.1) is 0 Å². The standard InChI is InChI=1S/C16H20N2/c1-12-6-13(2)8-15(7-12)9-18-11-16-10-17-5-4-14(16)3/h4-8,10,18H,9,11H2,1-3H3. The van der Waals surface area contributed by atoms with E-state index in [-0.39, 0.29) is 0 Å². The molecule has 0 aliphatic heterocycles. The number of nitrogens with zero attached hydrogens (tertiary/aromatic N) is 1. The summed E-state index contributed by atoms with van der Waals surface area (Å²) in [5.74, 6) is 0. The fourth-order valence-corrected chi connectivity index (χ4v) is 2.19. The van der Waals surface area contributed by atoms with E-state index >= 15 is 0 Å². The van der Waals surface area contributed by atoms with E-state index in [0.717, 1.165) is 13.1 Å². The summed E-state index contributed by atoms with van der Waals surface area (Å²) in [6.45, 7) is 8.17. The average molecular weight is 240 g/mol. The summed E-state index contributed by atoms with van der Waals surface area (Å²) in [5.41, 5.74) is 6.54. The Morgan fingerprint density at radius 3 is 2.39 bits per heavy atom. The van der Waals surface area contributed by atoms with Crippen LogP contribution in [0.5, 0.6) is 0 Å². The Labute approximate surface area is 109 Å². The molecule has 2 aromatic rings. The van der Waals surface area contributed by atoms with E-state index in [2.05, 4.69) is 49.3 Å². The third-order valence-corrected chi connectivity index (χ3v) is 3.07. The summed E-state index contributed by atoms with van der Waals surface area (Å²) in [7, 11) is 0. The van der Waals surface area contributed by atoms with Gasteiger partial charge in [0.1, 0.15) is 0 Å². The smallest absolute Gasteiger partial charge is 0.0315 e. The molecule has 1 aromatic carbocycles. The summed E-state index contributed by atoms with van der Waals surface area (Å²) in [6, 6.07) is 8.72. The largest absolute Gasteiger partial charge is 0.309 e. The van der Waals surface area contributed by atoms with E-state index in [1.807, 2.05) is 18.5 Å². The lowest BCUT2D eigenvalue weighted by atomic mass is 10.1. The number of hydrogen-bond donors (Lipinski definition) is 1. The van der Waals surface area contributed by atoms with Crippen LogP contribution >= 0.6 is 0 Å². The van der Waals surface area contributed by atoms with Crippen molar-refractivity contribution in [1.82, 2.24) is 10.3 Å². The van der Waals surface area contributed by atoms with Gasteiger partial charge in [-0.2, -0.15) is 0 Å². The first-order valence-corrected chi connectivity index (χ1v) is 6.32. The van der Waals surface area contributed by atoms with E-state index in [1.54, 1.807) is 0 Å². The predicted octanol–water partition coefficient (Wildman–Crippen LogP) is 3.30. The van der Waals surface area contributed by atoms with Gasteiger partial charge in [-0.25, -0.2) is 0 Å². The van der Waals surface area contributed by atoms with Crippen molar-refractivity contribution in [3.63, 3.8) is 0 Å². The van der Waals surface area contributed by atoms with Crippen LogP contribution in [-0.2, 0) is 13.1 Å². The Balaban J connectivity index is 1.94. The van der Waals surface area contributed by atoms with Crippen LogP contribution in [0, 0.1) is 20.8 Å². The second-order valence-electron chi connectivity index (χ2n) is 4.90. The second kappa shape index (κ2) is 5.78. The quantitative estimate of drug-likeness (QED) is 0.887. The summed E-state index contributed by atoms with van der Waals surface area (Å²) >= 11 is 0. The molecule has 2 heteroatoms. The van der Waals surface area contributed by atoms with Crippen molar-refractivity contribution in [3.8, 4) is 0 Å². The molecule has 1 N–H and O–H groups in total. The maximum atomic E-state index is 4.16. The molecule has 0 fully saturated rings. The zero-order valence-corrected chi connectivity index (χ0v) is 11.3. The van der Waals surface area contributed by atoms with Gasteiger partial charge in [-0.1, -0.05) is 29.3 Å². The van der Waals surface area contributed by atoms with Crippen LogP contribution in [0.2, 0.25) is 0 Å². The number of pyridine rings is 1. The first kappa shape index (κ1) is 12.8. The molecule has 94 valence electrons. The van der Waals surface area contributed by atoms with Gasteiger partial charge in [-0.15, -0.1) is 0 Å². The van der Waals surface area contributed by atoms with Crippen LogP contribution < -0.4 is 5.32 Å². The van der Waals surface area contributed by atoms with Gasteiger partial charge in [-0.3, -0.25) is 4.98 Å². The van der Waals surface area contributed by atoms with Crippen LogP contribution in [0.25, 0.3) is 0 Å². The molecule has 0 amide bonds. The SMILES string of the molecule is Cc1cc(C)cc(CNCc2cnccc2C)c1. The Morgan fingerprint density at radius 1 is 1.00 bits per heavy atom. The maximum absolute atomic E-state index is 4.16. The zero-order chi connectivity index (χ0) is 13.0. The van der Waals surface area contributed by atoms with Gasteiger partial charge < -0.3 is 5.32 Å². The minimum absolute atomic E-state index is 0.868. The first-order chi connectivity index (χ1) is 8.65. The molecule has 0 radical (unpaired) electrons. The van der Waals surface area contributed by atoms with E-state index in [1.165, 1.54) is 27.8 Å². The zero-order valence-electron chi connectivity index (χ0n) is 11.3. The molecular formula is C16H20N2. The highest BCUT2D eigenvalue weighted by Crippen LogP contribution is 2.09. The van der Waals surface area contributed by atoms with Crippen molar-refractivity contribution in [2.45, 2.75) is 33.9 Å². The number of nitrogens with one attached hydrogen (secondary N) is 1. The Kier molecular flexibility index (Phi) is 4.11. The number of aromatic nitrogens is 1. The third kappa shape index (κ3) is 3.41. The topological polar surface area (TPSA) is 24.9 Å². The molecule has 0 bridgehead atoms. The fraction of sp³-hybridized carbons (Fsp3) is 0.312. The van der Waals surface area contributed by atoms with Gasteiger partial charge in [0.15, 0.2) is 0 Å². The third-order valence-electron chi connectivity index (χ3n) is 3.07. The van der Waals surface area contributed by atoms with Gasteiger partial charge in [-0.05, 0) is 43.5 Å². The van der Waals surface area contributed by atoms with Gasteiger partial charge in [0.2, 0.25) is 0 Å². The summed E-state index contributed by atoms with van der Waals surface area (Å²) < 4.78 is 0. The molecule has 18 heavy (non-hydrogen) atoms. The predicted molar refractivity (Wildman–Crippen MR) is 75.4 cm³/mol. The number of hydrogen-bond acceptors (Lipinski definition) is 2. The Bertz CT molecular complexity index is 512. The molecule has 0 spiro atoms. The molecule has 2 rings (SSSR count). The van der Waals surface area contributed by atoms with E-state index in [0.29, 0.717) is 0 Å². The van der Waals surface area contributed by atoms with Crippen molar-refractivity contribution in [2.24, 2.45) is 0 Å². The van der Waals surface area contributed by atoms with Crippen LogP contribution in [0.15, 0.2) is 36.7 Å². The van der Waals surface area contributed by atoms with Gasteiger partial charge in [0, 0.05) is 25.5 Å². The molecule has 0 aliphatic rings. The average Bonchev–Trinajstić information content (AvgIpc) is 2.30. The van der Waals surface area contributed by atoms with E-state index in [4.69, 9.17) is 0 Å². The minimum atomic E-state index is 0.868. The van der Waals surface area contributed by atoms with Crippen molar-refractivity contribution >= 4 is 0 Å². The summed E-state index contributed by atoms with van der Waals surface area (Å²) in [5, 5.41) is 3.47. The monoisotopic (exact) mass is 240 g/mol. The lowest BCUT2D eigenvalue weighted by Crippen LogP contribution is -2.13. The molecule has 1 heterocycles. The van der Waals surface area contributed by atoms with Crippen molar-refractivity contribution in [2.75, 3.05) is 0 Å². The lowest BCUT2D eigenvalue weighted by molar-refractivity contribution is 0.688. The van der Waals surface area contributed by atoms with Gasteiger partial charge >= 0.3 is 0 Å². The normalized spacial score (nSPS) is 10.6. The van der Waals surface area contributed by atoms with Crippen LogP contribution in [-0.4, -0.2) is 4.98 Å². The molecule has 0 unspecified atom stereocenters. The highest BCUT2D eigenvalue weighted by molar-refractivity contribution is 5.28. The second-order valence-corrected chi connectivity index (χ2v) is 4.90. The van der Waals surface area contributed by atoms with E-state index < -0.39 is 0 Å². The number of benzene rings is 1. The molecule has 0 atom stereocenters. The lowest BCUT2D eigenvalue weighted by Gasteiger charge is -2.08. The van der Waals surface area contributed by atoms with Crippen LogP contribution in [0.4, 0.5) is 0 Å². The highest BCUT2D eigenvalue weighted by atomic mass is 14.9. The molecule has 0 aliphatic carbocycles. The number of rotatable bonds is 4.